The van der Waals surface area contributed by atoms with Gasteiger partial charge in [-0.3, -0.25) is 0 Å². The van der Waals surface area contributed by atoms with Crippen LogP contribution in [0.25, 0.3) is 0 Å². The van der Waals surface area contributed by atoms with Crippen molar-refractivity contribution in [2.24, 2.45) is 0 Å². The van der Waals surface area contributed by atoms with E-state index in [-0.39, 0.29) is 30.5 Å². The molecular weight excluding hydrogens is 289 g/mol. The van der Waals surface area contributed by atoms with Crippen LogP contribution < -0.4 is 10.4 Å². The molecule has 2 aliphatic rings. The molecule has 0 aliphatic carbocycles. The summed E-state index contributed by atoms with van der Waals surface area (Å²) < 4.78 is 18.0. The van der Waals surface area contributed by atoms with Gasteiger partial charge in [0.1, 0.15) is 0 Å². The topological polar surface area (TPSA) is 30.9 Å². The number of benzene rings is 1. The van der Waals surface area contributed by atoms with Gasteiger partial charge in [-0.2, -0.15) is 0 Å². The monoisotopic (exact) mass is 317 g/mol. The number of hydrogen-bond acceptors (Lipinski definition) is 4. The molecule has 2 aliphatic heterocycles. The van der Waals surface area contributed by atoms with E-state index in [1.54, 1.807) is 0 Å². The largest absolute Gasteiger partial charge is 0.494 e. The van der Waals surface area contributed by atoms with Crippen molar-refractivity contribution in [3.8, 4) is 0 Å². The van der Waals surface area contributed by atoms with Crippen molar-refractivity contribution < 1.29 is 14.0 Å². The molecule has 2 heterocycles. The fourth-order valence-electron chi connectivity index (χ4n) is 3.21. The number of rotatable bonds is 2. The minimum atomic E-state index is -0.300. The summed E-state index contributed by atoms with van der Waals surface area (Å²) in [5, 5.41) is 0. The van der Waals surface area contributed by atoms with Gasteiger partial charge in [-0.25, -0.2) is 0 Å². The first kappa shape index (κ1) is 16.8. The Bertz CT molecular complexity index is 532. The van der Waals surface area contributed by atoms with Gasteiger partial charge < -0.3 is 18.9 Å². The predicted molar refractivity (Wildman–Crippen MR) is 94.4 cm³/mol. The van der Waals surface area contributed by atoms with Gasteiger partial charge in [-0.15, -0.1) is 0 Å². The molecule has 4 nitrogen and oxygen atoms in total. The zero-order chi connectivity index (χ0) is 16.8. The van der Waals surface area contributed by atoms with E-state index in [1.165, 1.54) is 5.69 Å². The number of hydrogen-bond donors (Lipinski definition) is 0. The Balaban J connectivity index is 1.73. The Morgan fingerprint density at radius 1 is 0.913 bits per heavy atom. The smallest absolute Gasteiger partial charge is 0.399 e. The minimum Gasteiger partial charge on any atom is -0.399 e. The summed E-state index contributed by atoms with van der Waals surface area (Å²) in [6, 6.07) is 8.54. The summed E-state index contributed by atoms with van der Waals surface area (Å²) >= 11 is 0. The predicted octanol–water partition coefficient (Wildman–Crippen LogP) is 2.60. The molecule has 0 saturated carbocycles. The molecule has 5 heteroatoms. The third-order valence-corrected chi connectivity index (χ3v) is 5.20. The van der Waals surface area contributed by atoms with Gasteiger partial charge in [-0.1, -0.05) is 12.1 Å². The van der Waals surface area contributed by atoms with E-state index in [0.717, 1.165) is 18.6 Å². The summed E-state index contributed by atoms with van der Waals surface area (Å²) in [5.41, 5.74) is 1.70. The third-order valence-electron chi connectivity index (χ3n) is 5.20. The van der Waals surface area contributed by atoms with E-state index >= 15 is 0 Å². The maximum absolute atomic E-state index is 6.11. The molecule has 1 aromatic carbocycles. The molecule has 0 amide bonds. The summed E-state index contributed by atoms with van der Waals surface area (Å²) in [6.45, 7) is 14.4. The standard InChI is InChI=1S/C18H28BNO3/c1-13-11-20(12-14(2)21-13)16-9-7-15(8-10-16)19-22-17(3,4)18(5,6)23-19/h7-10,13-14H,11-12H2,1-6H3/t13-,14-/m0/s1. The summed E-state index contributed by atoms with van der Waals surface area (Å²) in [4.78, 5) is 2.38. The lowest BCUT2D eigenvalue weighted by Crippen LogP contribution is -2.45. The lowest BCUT2D eigenvalue weighted by molar-refractivity contribution is -0.00521. The van der Waals surface area contributed by atoms with Gasteiger partial charge in [0.2, 0.25) is 0 Å². The van der Waals surface area contributed by atoms with Gasteiger partial charge in [0.05, 0.1) is 23.4 Å². The van der Waals surface area contributed by atoms with Crippen LogP contribution in [0.4, 0.5) is 5.69 Å². The lowest BCUT2D eigenvalue weighted by atomic mass is 9.79. The van der Waals surface area contributed by atoms with Crippen molar-refractivity contribution in [3.05, 3.63) is 24.3 Å². The SMILES string of the molecule is C[C@H]1CN(c2ccc(B3OC(C)(C)C(C)(C)O3)cc2)C[C@H](C)O1. The Kier molecular flexibility index (Phi) is 4.24. The Morgan fingerprint density at radius 2 is 1.39 bits per heavy atom. The van der Waals surface area contributed by atoms with Crippen molar-refractivity contribution >= 4 is 18.3 Å². The Labute approximate surface area is 140 Å². The first-order valence-electron chi connectivity index (χ1n) is 8.54. The highest BCUT2D eigenvalue weighted by Crippen LogP contribution is 2.36. The zero-order valence-corrected chi connectivity index (χ0v) is 15.1. The van der Waals surface area contributed by atoms with Crippen LogP contribution in [0.15, 0.2) is 24.3 Å². The highest BCUT2D eigenvalue weighted by atomic mass is 16.7. The Morgan fingerprint density at radius 3 is 1.87 bits per heavy atom. The maximum Gasteiger partial charge on any atom is 0.494 e. The van der Waals surface area contributed by atoms with Crippen LogP contribution in [0, 0.1) is 0 Å². The van der Waals surface area contributed by atoms with Crippen LogP contribution in [0.5, 0.6) is 0 Å². The van der Waals surface area contributed by atoms with Crippen molar-refractivity contribution in [1.82, 2.24) is 0 Å². The molecule has 0 aromatic heterocycles. The van der Waals surface area contributed by atoms with E-state index in [1.807, 2.05) is 0 Å². The van der Waals surface area contributed by atoms with Gasteiger partial charge >= 0.3 is 7.12 Å². The van der Waals surface area contributed by atoms with Crippen molar-refractivity contribution in [1.29, 1.82) is 0 Å². The van der Waals surface area contributed by atoms with Crippen LogP contribution in [0.2, 0.25) is 0 Å². The van der Waals surface area contributed by atoms with Gasteiger partial charge in [0, 0.05) is 18.8 Å². The average Bonchev–Trinajstić information content (AvgIpc) is 2.66. The molecule has 2 fully saturated rings. The second kappa shape index (κ2) is 5.80. The summed E-state index contributed by atoms with van der Waals surface area (Å²) in [5.74, 6) is 0. The third kappa shape index (κ3) is 3.28. The molecule has 0 bridgehead atoms. The highest BCUT2D eigenvalue weighted by molar-refractivity contribution is 6.62. The molecule has 3 rings (SSSR count). The fraction of sp³-hybridized carbons (Fsp3) is 0.667. The van der Waals surface area contributed by atoms with Gasteiger partial charge in [-0.05, 0) is 59.1 Å². The van der Waals surface area contributed by atoms with E-state index in [0.29, 0.717) is 0 Å². The molecule has 23 heavy (non-hydrogen) atoms. The molecule has 2 atom stereocenters. The van der Waals surface area contributed by atoms with Crippen LogP contribution >= 0.6 is 0 Å². The zero-order valence-electron chi connectivity index (χ0n) is 15.1. The lowest BCUT2D eigenvalue weighted by Gasteiger charge is -2.37. The van der Waals surface area contributed by atoms with Crippen molar-refractivity contribution in [3.63, 3.8) is 0 Å². The summed E-state index contributed by atoms with van der Waals surface area (Å²) in [6.07, 6.45) is 0.531. The molecule has 0 unspecified atom stereocenters. The molecule has 0 N–H and O–H groups in total. The van der Waals surface area contributed by atoms with E-state index in [9.17, 15) is 0 Å². The second-order valence-electron chi connectivity index (χ2n) is 7.84. The van der Waals surface area contributed by atoms with Crippen LogP contribution in [0.3, 0.4) is 0 Å². The van der Waals surface area contributed by atoms with Crippen LogP contribution in [0.1, 0.15) is 41.5 Å². The van der Waals surface area contributed by atoms with Gasteiger partial charge in [0.25, 0.3) is 0 Å². The maximum atomic E-state index is 6.11. The molecule has 126 valence electrons. The fourth-order valence-corrected chi connectivity index (χ4v) is 3.21. The number of anilines is 1. The normalized spacial score (nSPS) is 29.8. The number of morpholine rings is 1. The molecule has 2 saturated heterocycles. The first-order valence-corrected chi connectivity index (χ1v) is 8.54. The van der Waals surface area contributed by atoms with Gasteiger partial charge in [0.15, 0.2) is 0 Å². The summed E-state index contributed by atoms with van der Waals surface area (Å²) in [7, 11) is -0.295. The first-order chi connectivity index (χ1) is 10.7. The molecule has 0 spiro atoms. The molecule has 0 radical (unpaired) electrons. The van der Waals surface area contributed by atoms with E-state index < -0.39 is 0 Å². The van der Waals surface area contributed by atoms with Crippen LogP contribution in [-0.4, -0.2) is 43.6 Å². The Hall–Kier alpha value is -1.04. The highest BCUT2D eigenvalue weighted by Gasteiger charge is 2.51. The van der Waals surface area contributed by atoms with Crippen molar-refractivity contribution in [2.45, 2.75) is 65.0 Å². The van der Waals surface area contributed by atoms with E-state index in [4.69, 9.17) is 14.0 Å². The minimum absolute atomic E-state index is 0.265. The second-order valence-corrected chi connectivity index (χ2v) is 7.84. The number of ether oxygens (including phenoxy) is 1. The van der Waals surface area contributed by atoms with E-state index in [2.05, 4.69) is 70.7 Å². The quantitative estimate of drug-likeness (QED) is 0.785. The van der Waals surface area contributed by atoms with Crippen molar-refractivity contribution in [2.75, 3.05) is 18.0 Å². The average molecular weight is 317 g/mol. The van der Waals surface area contributed by atoms with Crippen LogP contribution in [-0.2, 0) is 14.0 Å². The number of nitrogens with zero attached hydrogens (tertiary/aromatic N) is 1. The molecule has 1 aromatic rings. The molecular formula is C18H28BNO3.